The Morgan fingerprint density at radius 2 is 1.88 bits per heavy atom. The first-order chi connectivity index (χ1) is 7.71. The van der Waals surface area contributed by atoms with Crippen molar-refractivity contribution in [3.05, 3.63) is 11.6 Å². The van der Waals surface area contributed by atoms with Crippen molar-refractivity contribution >= 4 is 5.91 Å². The maximum Gasteiger partial charge on any atom is 0.291 e. The Labute approximate surface area is 102 Å². The van der Waals surface area contributed by atoms with Crippen LogP contribution in [0.4, 0.5) is 0 Å². The van der Waals surface area contributed by atoms with Crippen molar-refractivity contribution < 1.29 is 4.79 Å². The van der Waals surface area contributed by atoms with Gasteiger partial charge in [0, 0.05) is 12.0 Å². The Kier molecular flexibility index (Phi) is 3.91. The van der Waals surface area contributed by atoms with E-state index in [0.29, 0.717) is 0 Å². The Morgan fingerprint density at radius 1 is 1.29 bits per heavy atom. The fourth-order valence-corrected chi connectivity index (χ4v) is 1.11. The Hall–Kier alpha value is -1.39. The van der Waals surface area contributed by atoms with E-state index in [-0.39, 0.29) is 29.1 Å². The number of hydrogen-bond acceptors (Lipinski definition) is 3. The molecular weight excluding hydrogens is 216 g/mol. The van der Waals surface area contributed by atoms with E-state index in [1.807, 2.05) is 20.8 Å². The number of nitrogens with one attached hydrogen (secondary N) is 2. The van der Waals surface area contributed by atoms with Gasteiger partial charge in [0.1, 0.15) is 5.82 Å². The number of hydrogen-bond donors (Lipinski definition) is 2. The molecule has 0 aliphatic rings. The highest BCUT2D eigenvalue weighted by Crippen LogP contribution is 2.18. The van der Waals surface area contributed by atoms with Crippen LogP contribution in [0.5, 0.6) is 0 Å². The Bertz CT molecular complexity index is 389. The van der Waals surface area contributed by atoms with Gasteiger partial charge >= 0.3 is 0 Å². The minimum Gasteiger partial charge on any atom is -0.346 e. The van der Waals surface area contributed by atoms with Crippen LogP contribution >= 0.6 is 0 Å². The molecule has 0 spiro atoms. The van der Waals surface area contributed by atoms with Gasteiger partial charge in [-0.1, -0.05) is 34.6 Å². The van der Waals surface area contributed by atoms with Crippen molar-refractivity contribution in [1.82, 2.24) is 20.5 Å². The normalized spacial score (nSPS) is 13.8. The summed E-state index contributed by atoms with van der Waals surface area (Å²) in [5.74, 6) is 0.961. The molecule has 0 fully saturated rings. The molecule has 1 rings (SSSR count). The molecule has 1 atom stereocenters. The van der Waals surface area contributed by atoms with Crippen molar-refractivity contribution in [2.75, 3.05) is 0 Å². The van der Waals surface area contributed by atoms with Crippen molar-refractivity contribution in [2.45, 2.75) is 53.5 Å². The smallest absolute Gasteiger partial charge is 0.291 e. The van der Waals surface area contributed by atoms with E-state index in [9.17, 15) is 4.79 Å². The summed E-state index contributed by atoms with van der Waals surface area (Å²) < 4.78 is 0. The van der Waals surface area contributed by atoms with Gasteiger partial charge in [-0.15, -0.1) is 5.10 Å². The monoisotopic (exact) mass is 238 g/mol. The number of aromatic nitrogens is 3. The highest BCUT2D eigenvalue weighted by Gasteiger charge is 2.23. The summed E-state index contributed by atoms with van der Waals surface area (Å²) in [6, 6.07) is 0.0657. The molecule has 5 heteroatoms. The molecule has 0 saturated carbocycles. The molecule has 1 aromatic heterocycles. The van der Waals surface area contributed by atoms with Crippen molar-refractivity contribution in [1.29, 1.82) is 0 Å². The van der Waals surface area contributed by atoms with E-state index in [0.717, 1.165) is 5.82 Å². The van der Waals surface area contributed by atoms with E-state index in [2.05, 4.69) is 41.3 Å². The van der Waals surface area contributed by atoms with Gasteiger partial charge in [-0.25, -0.2) is 4.98 Å². The second-order valence-corrected chi connectivity index (χ2v) is 5.76. The van der Waals surface area contributed by atoms with Gasteiger partial charge in [-0.3, -0.25) is 9.89 Å². The molecule has 0 aliphatic carbocycles. The molecule has 1 aromatic rings. The molecule has 17 heavy (non-hydrogen) atoms. The number of amides is 1. The standard InChI is InChI=1S/C12H22N4O/c1-7(2)9-14-10(16-15-9)11(17)13-8(3)12(4,5)6/h7-8H,1-6H3,(H,13,17)(H,14,15,16). The summed E-state index contributed by atoms with van der Waals surface area (Å²) in [6.45, 7) is 12.2. The highest BCUT2D eigenvalue weighted by molar-refractivity contribution is 5.90. The maximum atomic E-state index is 11.9. The van der Waals surface area contributed by atoms with Gasteiger partial charge in [0.25, 0.3) is 5.91 Å². The summed E-state index contributed by atoms with van der Waals surface area (Å²) >= 11 is 0. The van der Waals surface area contributed by atoms with E-state index in [1.54, 1.807) is 0 Å². The second-order valence-electron chi connectivity index (χ2n) is 5.76. The predicted molar refractivity (Wildman–Crippen MR) is 66.9 cm³/mol. The third-order valence-corrected chi connectivity index (χ3v) is 2.90. The predicted octanol–water partition coefficient (Wildman–Crippen LogP) is 2.09. The Balaban J connectivity index is 2.70. The zero-order valence-electron chi connectivity index (χ0n) is 11.5. The average Bonchev–Trinajstić information content (AvgIpc) is 2.64. The number of carbonyl (C=O) groups is 1. The van der Waals surface area contributed by atoms with Gasteiger partial charge in [-0.05, 0) is 12.3 Å². The van der Waals surface area contributed by atoms with Crippen LogP contribution in [0.1, 0.15) is 63.9 Å². The summed E-state index contributed by atoms with van der Waals surface area (Å²) in [5.41, 5.74) is 0.0207. The van der Waals surface area contributed by atoms with E-state index >= 15 is 0 Å². The van der Waals surface area contributed by atoms with Gasteiger partial charge in [0.05, 0.1) is 0 Å². The van der Waals surface area contributed by atoms with Gasteiger partial charge < -0.3 is 5.32 Å². The fourth-order valence-electron chi connectivity index (χ4n) is 1.11. The first-order valence-electron chi connectivity index (χ1n) is 5.95. The summed E-state index contributed by atoms with van der Waals surface area (Å²) in [5, 5.41) is 9.60. The lowest BCUT2D eigenvalue weighted by Crippen LogP contribution is -2.41. The zero-order chi connectivity index (χ0) is 13.2. The minimum atomic E-state index is -0.226. The number of rotatable bonds is 3. The largest absolute Gasteiger partial charge is 0.346 e. The summed E-state index contributed by atoms with van der Waals surface area (Å²) in [6.07, 6.45) is 0. The minimum absolute atomic E-state index is 0.0207. The van der Waals surface area contributed by atoms with Crippen LogP contribution in [0, 0.1) is 5.41 Å². The van der Waals surface area contributed by atoms with Crippen LogP contribution in [-0.4, -0.2) is 27.1 Å². The quantitative estimate of drug-likeness (QED) is 0.847. The topological polar surface area (TPSA) is 70.7 Å². The SMILES string of the molecule is CC(C)c1nc(C(=O)NC(C)C(C)(C)C)n[nH]1. The molecule has 0 radical (unpaired) electrons. The lowest BCUT2D eigenvalue weighted by atomic mass is 9.88. The first kappa shape index (κ1) is 13.7. The van der Waals surface area contributed by atoms with E-state index < -0.39 is 0 Å². The maximum absolute atomic E-state index is 11.9. The van der Waals surface area contributed by atoms with E-state index in [1.165, 1.54) is 0 Å². The summed E-state index contributed by atoms with van der Waals surface area (Å²) in [7, 11) is 0. The fraction of sp³-hybridized carbons (Fsp3) is 0.750. The van der Waals surface area contributed by atoms with Gasteiger partial charge in [0.2, 0.25) is 5.82 Å². The third-order valence-electron chi connectivity index (χ3n) is 2.90. The lowest BCUT2D eigenvalue weighted by molar-refractivity contribution is 0.0900. The molecule has 1 heterocycles. The molecule has 0 aromatic carbocycles. The number of nitrogens with zero attached hydrogens (tertiary/aromatic N) is 2. The van der Waals surface area contributed by atoms with Crippen molar-refractivity contribution in [3.63, 3.8) is 0 Å². The van der Waals surface area contributed by atoms with Crippen LogP contribution in [0.25, 0.3) is 0 Å². The molecule has 0 aliphatic heterocycles. The number of aromatic amines is 1. The molecule has 0 saturated heterocycles. The second kappa shape index (κ2) is 4.85. The number of H-pyrrole nitrogens is 1. The molecule has 5 nitrogen and oxygen atoms in total. The third kappa shape index (κ3) is 3.54. The van der Waals surface area contributed by atoms with Crippen LogP contribution in [0.2, 0.25) is 0 Å². The average molecular weight is 238 g/mol. The Morgan fingerprint density at radius 3 is 2.29 bits per heavy atom. The van der Waals surface area contributed by atoms with Crippen LogP contribution < -0.4 is 5.32 Å². The summed E-state index contributed by atoms with van der Waals surface area (Å²) in [4.78, 5) is 16.0. The van der Waals surface area contributed by atoms with Crippen LogP contribution in [0.15, 0.2) is 0 Å². The van der Waals surface area contributed by atoms with Crippen molar-refractivity contribution in [2.24, 2.45) is 5.41 Å². The molecule has 2 N–H and O–H groups in total. The van der Waals surface area contributed by atoms with Crippen molar-refractivity contribution in [3.8, 4) is 0 Å². The lowest BCUT2D eigenvalue weighted by Gasteiger charge is -2.27. The highest BCUT2D eigenvalue weighted by atomic mass is 16.2. The zero-order valence-corrected chi connectivity index (χ0v) is 11.5. The van der Waals surface area contributed by atoms with E-state index in [4.69, 9.17) is 0 Å². The molecule has 1 unspecified atom stereocenters. The van der Waals surface area contributed by atoms with Gasteiger partial charge in [0.15, 0.2) is 0 Å². The molecule has 1 amide bonds. The number of carbonyl (C=O) groups excluding carboxylic acids is 1. The first-order valence-corrected chi connectivity index (χ1v) is 5.95. The molecule has 96 valence electrons. The van der Waals surface area contributed by atoms with Gasteiger partial charge in [-0.2, -0.15) is 0 Å². The molecule has 0 bridgehead atoms. The van der Waals surface area contributed by atoms with Crippen LogP contribution in [0.3, 0.4) is 0 Å². The van der Waals surface area contributed by atoms with Crippen LogP contribution in [-0.2, 0) is 0 Å². The molecular formula is C12H22N4O.